The number of hydrogen-bond donors (Lipinski definition) is 1. The number of carbonyl (C=O) groups is 1. The molecule has 0 aliphatic heterocycles. The van der Waals surface area contributed by atoms with Gasteiger partial charge >= 0.3 is 0 Å². The molecule has 1 saturated carbocycles. The molecular weight excluding hydrogens is 267 g/mol. The molecule has 2 rings (SSSR count). The Hall–Kier alpha value is -1.42. The van der Waals surface area contributed by atoms with Crippen LogP contribution in [-0.4, -0.2) is 36.5 Å². The van der Waals surface area contributed by atoms with E-state index in [-0.39, 0.29) is 17.8 Å². The first-order valence-electron chi connectivity index (χ1n) is 7.88. The Morgan fingerprint density at radius 1 is 1.33 bits per heavy atom. The number of benzene rings is 1. The molecule has 116 valence electrons. The van der Waals surface area contributed by atoms with E-state index in [1.807, 2.05) is 7.05 Å². The number of nitrogens with one attached hydrogen (secondary N) is 1. The van der Waals surface area contributed by atoms with Crippen molar-refractivity contribution in [3.8, 4) is 0 Å². The van der Waals surface area contributed by atoms with Gasteiger partial charge < -0.3 is 10.2 Å². The molecule has 0 saturated heterocycles. The van der Waals surface area contributed by atoms with E-state index >= 15 is 0 Å². The zero-order valence-electron chi connectivity index (χ0n) is 12.9. The van der Waals surface area contributed by atoms with Crippen LogP contribution in [0.2, 0.25) is 0 Å². The van der Waals surface area contributed by atoms with Gasteiger partial charge in [-0.3, -0.25) is 4.79 Å². The highest BCUT2D eigenvalue weighted by Gasteiger charge is 2.26. The van der Waals surface area contributed by atoms with Crippen LogP contribution in [0.5, 0.6) is 0 Å². The first-order valence-corrected chi connectivity index (χ1v) is 7.88. The molecule has 1 N–H and O–H groups in total. The zero-order valence-corrected chi connectivity index (χ0v) is 12.9. The maximum Gasteiger partial charge on any atom is 0.253 e. The Kier molecular flexibility index (Phi) is 5.74. The van der Waals surface area contributed by atoms with Crippen molar-refractivity contribution in [1.82, 2.24) is 10.2 Å². The molecule has 1 amide bonds. The fourth-order valence-electron chi connectivity index (χ4n) is 3.01. The van der Waals surface area contributed by atoms with Gasteiger partial charge in [-0.2, -0.15) is 0 Å². The normalized spacial score (nSPS) is 22.0. The summed E-state index contributed by atoms with van der Waals surface area (Å²) >= 11 is 0. The third kappa shape index (κ3) is 4.27. The predicted octanol–water partition coefficient (Wildman–Crippen LogP) is 3.21. The zero-order chi connectivity index (χ0) is 15.2. The van der Waals surface area contributed by atoms with E-state index in [4.69, 9.17) is 0 Å². The molecule has 0 heterocycles. The number of nitrogens with zero attached hydrogens (tertiary/aromatic N) is 1. The van der Waals surface area contributed by atoms with Crippen molar-refractivity contribution in [3.63, 3.8) is 0 Å². The van der Waals surface area contributed by atoms with Gasteiger partial charge in [0.25, 0.3) is 5.91 Å². The van der Waals surface area contributed by atoms with Crippen LogP contribution in [-0.2, 0) is 0 Å². The number of halogens is 1. The van der Waals surface area contributed by atoms with E-state index < -0.39 is 0 Å². The van der Waals surface area contributed by atoms with E-state index in [9.17, 15) is 9.18 Å². The molecule has 1 aliphatic carbocycles. The van der Waals surface area contributed by atoms with Gasteiger partial charge in [0.2, 0.25) is 0 Å². The minimum Gasteiger partial charge on any atom is -0.339 e. The Balaban J connectivity index is 1.89. The average Bonchev–Trinajstić information content (AvgIpc) is 2.52. The van der Waals surface area contributed by atoms with E-state index in [0.717, 1.165) is 38.6 Å². The van der Waals surface area contributed by atoms with Crippen molar-refractivity contribution in [2.24, 2.45) is 0 Å². The highest BCUT2D eigenvalue weighted by molar-refractivity contribution is 5.94. The van der Waals surface area contributed by atoms with Crippen molar-refractivity contribution in [1.29, 1.82) is 0 Å². The lowest BCUT2D eigenvalue weighted by Gasteiger charge is -2.35. The van der Waals surface area contributed by atoms with Crippen LogP contribution >= 0.6 is 0 Å². The summed E-state index contributed by atoms with van der Waals surface area (Å²) < 4.78 is 13.2. The molecule has 0 atom stereocenters. The number of amides is 1. The Morgan fingerprint density at radius 3 is 2.67 bits per heavy atom. The molecule has 1 aromatic rings. The molecule has 0 unspecified atom stereocenters. The Labute approximate surface area is 126 Å². The predicted molar refractivity (Wildman–Crippen MR) is 82.8 cm³/mol. The topological polar surface area (TPSA) is 32.3 Å². The summed E-state index contributed by atoms with van der Waals surface area (Å²) in [5.41, 5.74) is 0.434. The molecule has 0 spiro atoms. The van der Waals surface area contributed by atoms with Gasteiger partial charge in [0.15, 0.2) is 0 Å². The quantitative estimate of drug-likeness (QED) is 0.904. The SMILES string of the molecule is CCCNC1CCC(N(C)C(=O)c2cccc(F)c2)CC1. The van der Waals surface area contributed by atoms with Crippen molar-refractivity contribution in [2.75, 3.05) is 13.6 Å². The minimum absolute atomic E-state index is 0.0838. The fraction of sp³-hybridized carbons (Fsp3) is 0.588. The van der Waals surface area contributed by atoms with Crippen LogP contribution in [0.15, 0.2) is 24.3 Å². The van der Waals surface area contributed by atoms with Gasteiger partial charge in [-0.25, -0.2) is 4.39 Å². The number of carbonyl (C=O) groups excluding carboxylic acids is 1. The Morgan fingerprint density at radius 2 is 2.05 bits per heavy atom. The van der Waals surface area contributed by atoms with E-state index in [1.165, 1.54) is 12.1 Å². The van der Waals surface area contributed by atoms with Crippen LogP contribution in [0, 0.1) is 5.82 Å². The van der Waals surface area contributed by atoms with Gasteiger partial charge in [-0.1, -0.05) is 13.0 Å². The van der Waals surface area contributed by atoms with Crippen LogP contribution in [0.1, 0.15) is 49.4 Å². The maximum absolute atomic E-state index is 13.2. The van der Waals surface area contributed by atoms with Gasteiger partial charge in [-0.15, -0.1) is 0 Å². The summed E-state index contributed by atoms with van der Waals surface area (Å²) in [5, 5.41) is 3.55. The van der Waals surface area contributed by atoms with Crippen molar-refractivity contribution in [3.05, 3.63) is 35.6 Å². The summed E-state index contributed by atoms with van der Waals surface area (Å²) in [7, 11) is 1.83. The van der Waals surface area contributed by atoms with Gasteiger partial charge in [-0.05, 0) is 56.8 Å². The summed E-state index contributed by atoms with van der Waals surface area (Å²) in [5.74, 6) is -0.443. The first kappa shape index (κ1) is 16.0. The van der Waals surface area contributed by atoms with Crippen molar-refractivity contribution in [2.45, 2.75) is 51.1 Å². The number of hydrogen-bond acceptors (Lipinski definition) is 2. The summed E-state index contributed by atoms with van der Waals surface area (Å²) in [4.78, 5) is 14.2. The van der Waals surface area contributed by atoms with Crippen LogP contribution in [0.25, 0.3) is 0 Å². The lowest BCUT2D eigenvalue weighted by Crippen LogP contribution is -2.43. The minimum atomic E-state index is -0.360. The molecule has 1 fully saturated rings. The molecular formula is C17H25FN2O. The third-order valence-corrected chi connectivity index (χ3v) is 4.32. The fourth-order valence-corrected chi connectivity index (χ4v) is 3.01. The molecule has 0 radical (unpaired) electrons. The number of rotatable bonds is 5. The highest BCUT2D eigenvalue weighted by atomic mass is 19.1. The summed E-state index contributed by atoms with van der Waals surface area (Å²) in [6, 6.07) is 6.78. The molecule has 1 aromatic carbocycles. The second kappa shape index (κ2) is 7.55. The Bertz CT molecular complexity index is 470. The summed E-state index contributed by atoms with van der Waals surface area (Å²) in [6.45, 7) is 3.23. The largest absolute Gasteiger partial charge is 0.339 e. The monoisotopic (exact) mass is 292 g/mol. The van der Waals surface area contributed by atoms with Crippen molar-refractivity contribution < 1.29 is 9.18 Å². The molecule has 4 heteroatoms. The van der Waals surface area contributed by atoms with E-state index in [0.29, 0.717) is 11.6 Å². The molecule has 0 bridgehead atoms. The van der Waals surface area contributed by atoms with E-state index in [1.54, 1.807) is 17.0 Å². The van der Waals surface area contributed by atoms with E-state index in [2.05, 4.69) is 12.2 Å². The molecule has 0 aromatic heterocycles. The van der Waals surface area contributed by atoms with Crippen LogP contribution < -0.4 is 5.32 Å². The first-order chi connectivity index (χ1) is 10.1. The maximum atomic E-state index is 13.2. The molecule has 1 aliphatic rings. The lowest BCUT2D eigenvalue weighted by molar-refractivity contribution is 0.0684. The highest BCUT2D eigenvalue weighted by Crippen LogP contribution is 2.23. The van der Waals surface area contributed by atoms with Gasteiger partial charge in [0.1, 0.15) is 5.82 Å². The average molecular weight is 292 g/mol. The lowest BCUT2D eigenvalue weighted by atomic mass is 9.90. The third-order valence-electron chi connectivity index (χ3n) is 4.32. The molecule has 3 nitrogen and oxygen atoms in total. The second-order valence-electron chi connectivity index (χ2n) is 5.89. The van der Waals surface area contributed by atoms with Gasteiger partial charge in [0.05, 0.1) is 0 Å². The standard InChI is InChI=1S/C17H25FN2O/c1-3-11-19-15-7-9-16(10-8-15)20(2)17(21)13-5-4-6-14(18)12-13/h4-6,12,15-16,19H,3,7-11H2,1-2H3. The van der Waals surface area contributed by atoms with Crippen LogP contribution in [0.4, 0.5) is 4.39 Å². The van der Waals surface area contributed by atoms with Gasteiger partial charge in [0, 0.05) is 24.7 Å². The van der Waals surface area contributed by atoms with Crippen LogP contribution in [0.3, 0.4) is 0 Å². The summed E-state index contributed by atoms with van der Waals surface area (Å²) in [6.07, 6.45) is 5.38. The van der Waals surface area contributed by atoms with Crippen molar-refractivity contribution >= 4 is 5.91 Å². The molecule has 21 heavy (non-hydrogen) atoms. The smallest absolute Gasteiger partial charge is 0.253 e. The second-order valence-corrected chi connectivity index (χ2v) is 5.89.